The van der Waals surface area contributed by atoms with Gasteiger partial charge in [-0.2, -0.15) is 5.26 Å². The summed E-state index contributed by atoms with van der Waals surface area (Å²) in [5.74, 6) is 0.172. The largest absolute Gasteiger partial charge is 0.489 e. The average Bonchev–Trinajstić information content (AvgIpc) is 2.39. The Balaban J connectivity index is 2.06. The molecule has 90 valence electrons. The zero-order chi connectivity index (χ0) is 13.0. The Bertz CT molecular complexity index is 590. The summed E-state index contributed by atoms with van der Waals surface area (Å²) < 4.78 is 19.0. The quantitative estimate of drug-likeness (QED) is 0.839. The molecule has 2 aromatic carbocycles. The van der Waals surface area contributed by atoms with Crippen molar-refractivity contribution in [3.63, 3.8) is 0 Å². The number of rotatable bonds is 3. The fraction of sp³-hybridized carbons (Fsp3) is 0.0714. The van der Waals surface area contributed by atoms with E-state index in [1.165, 1.54) is 6.07 Å². The van der Waals surface area contributed by atoms with Crippen LogP contribution in [0.4, 0.5) is 4.39 Å². The van der Waals surface area contributed by atoms with E-state index in [1.54, 1.807) is 36.4 Å². The molecule has 0 aliphatic carbocycles. The van der Waals surface area contributed by atoms with Crippen LogP contribution in [0.1, 0.15) is 11.1 Å². The van der Waals surface area contributed by atoms with Gasteiger partial charge in [-0.25, -0.2) is 4.39 Å². The van der Waals surface area contributed by atoms with Crippen LogP contribution >= 0.6 is 11.6 Å². The van der Waals surface area contributed by atoms with E-state index in [0.29, 0.717) is 21.9 Å². The van der Waals surface area contributed by atoms with Crippen LogP contribution < -0.4 is 4.74 Å². The third kappa shape index (κ3) is 2.99. The van der Waals surface area contributed by atoms with E-state index < -0.39 is 5.82 Å². The van der Waals surface area contributed by atoms with E-state index >= 15 is 0 Å². The van der Waals surface area contributed by atoms with Crippen LogP contribution in [-0.4, -0.2) is 0 Å². The molecule has 0 unspecified atom stereocenters. The molecule has 0 amide bonds. The summed E-state index contributed by atoms with van der Waals surface area (Å²) in [7, 11) is 0. The second kappa shape index (κ2) is 5.52. The fourth-order valence-corrected chi connectivity index (χ4v) is 1.55. The molecule has 0 radical (unpaired) electrons. The Kier molecular flexibility index (Phi) is 3.81. The number of halogens is 2. The van der Waals surface area contributed by atoms with Gasteiger partial charge in [-0.3, -0.25) is 0 Å². The van der Waals surface area contributed by atoms with E-state index in [0.717, 1.165) is 0 Å². The van der Waals surface area contributed by atoms with Crippen LogP contribution in [0.15, 0.2) is 42.5 Å². The highest BCUT2D eigenvalue weighted by Crippen LogP contribution is 2.18. The van der Waals surface area contributed by atoms with Crippen LogP contribution in [0.3, 0.4) is 0 Å². The molecule has 2 nitrogen and oxygen atoms in total. The lowest BCUT2D eigenvalue weighted by molar-refractivity contribution is 0.300. The molecule has 4 heteroatoms. The van der Waals surface area contributed by atoms with Crippen molar-refractivity contribution >= 4 is 11.6 Å². The van der Waals surface area contributed by atoms with E-state index in [9.17, 15) is 4.39 Å². The maximum absolute atomic E-state index is 13.6. The molecule has 0 bridgehead atoms. The van der Waals surface area contributed by atoms with Crippen molar-refractivity contribution in [2.24, 2.45) is 0 Å². The van der Waals surface area contributed by atoms with E-state index in [4.69, 9.17) is 21.6 Å². The molecular formula is C14H9ClFNO. The minimum atomic E-state index is -0.442. The van der Waals surface area contributed by atoms with Gasteiger partial charge in [-0.15, -0.1) is 0 Å². The van der Waals surface area contributed by atoms with Gasteiger partial charge in [0.05, 0.1) is 11.6 Å². The molecule has 0 fully saturated rings. The van der Waals surface area contributed by atoms with E-state index in [1.807, 2.05) is 6.07 Å². The summed E-state index contributed by atoms with van der Waals surface area (Å²) in [6, 6.07) is 13.0. The smallest absolute Gasteiger partial charge is 0.131 e. The van der Waals surface area contributed by atoms with E-state index in [-0.39, 0.29) is 6.61 Å². The fourth-order valence-electron chi connectivity index (χ4n) is 1.43. The Labute approximate surface area is 109 Å². The summed E-state index contributed by atoms with van der Waals surface area (Å²) >= 11 is 5.74. The molecule has 0 saturated carbocycles. The molecule has 0 aromatic heterocycles. The summed E-state index contributed by atoms with van der Waals surface area (Å²) in [5, 5.41) is 9.24. The van der Waals surface area contributed by atoms with Crippen molar-refractivity contribution in [1.82, 2.24) is 0 Å². The van der Waals surface area contributed by atoms with Crippen molar-refractivity contribution in [3.05, 3.63) is 64.4 Å². The number of hydrogen-bond donors (Lipinski definition) is 0. The summed E-state index contributed by atoms with van der Waals surface area (Å²) in [4.78, 5) is 0. The van der Waals surface area contributed by atoms with E-state index in [2.05, 4.69) is 0 Å². The van der Waals surface area contributed by atoms with Crippen molar-refractivity contribution in [3.8, 4) is 11.8 Å². The lowest BCUT2D eigenvalue weighted by atomic mass is 10.1. The Morgan fingerprint density at radius 1 is 1.17 bits per heavy atom. The van der Waals surface area contributed by atoms with Crippen LogP contribution in [0.2, 0.25) is 5.02 Å². The minimum absolute atomic E-state index is 0.110. The maximum Gasteiger partial charge on any atom is 0.131 e. The molecule has 0 atom stereocenters. The first-order valence-corrected chi connectivity index (χ1v) is 5.64. The van der Waals surface area contributed by atoms with Crippen LogP contribution in [0.5, 0.6) is 5.75 Å². The van der Waals surface area contributed by atoms with Crippen molar-refractivity contribution in [2.75, 3.05) is 0 Å². The Morgan fingerprint density at radius 3 is 2.50 bits per heavy atom. The van der Waals surface area contributed by atoms with Gasteiger partial charge in [0.1, 0.15) is 18.2 Å². The lowest BCUT2D eigenvalue weighted by Gasteiger charge is -2.07. The second-order valence-electron chi connectivity index (χ2n) is 3.66. The first kappa shape index (κ1) is 12.4. The van der Waals surface area contributed by atoms with Crippen LogP contribution in [0.25, 0.3) is 0 Å². The normalized spacial score (nSPS) is 9.83. The number of nitriles is 1. The third-order valence-corrected chi connectivity index (χ3v) is 2.64. The maximum atomic E-state index is 13.6. The number of nitrogens with zero attached hydrogens (tertiary/aromatic N) is 1. The van der Waals surface area contributed by atoms with Gasteiger partial charge >= 0.3 is 0 Å². The van der Waals surface area contributed by atoms with Gasteiger partial charge in [-0.05, 0) is 36.4 Å². The Hall–Kier alpha value is -2.05. The highest BCUT2D eigenvalue weighted by atomic mass is 35.5. The van der Waals surface area contributed by atoms with Gasteiger partial charge in [-0.1, -0.05) is 17.7 Å². The molecule has 2 rings (SSSR count). The highest BCUT2D eigenvalue weighted by Gasteiger charge is 2.04. The van der Waals surface area contributed by atoms with Gasteiger partial charge in [0.25, 0.3) is 0 Å². The summed E-state index contributed by atoms with van der Waals surface area (Å²) in [6.45, 7) is 0.110. The minimum Gasteiger partial charge on any atom is -0.489 e. The van der Waals surface area contributed by atoms with Crippen LogP contribution in [-0.2, 0) is 6.61 Å². The molecule has 0 heterocycles. The van der Waals surface area contributed by atoms with Gasteiger partial charge in [0, 0.05) is 10.6 Å². The summed E-state index contributed by atoms with van der Waals surface area (Å²) in [6.07, 6.45) is 0. The number of benzene rings is 2. The van der Waals surface area contributed by atoms with Crippen molar-refractivity contribution in [1.29, 1.82) is 5.26 Å². The zero-order valence-electron chi connectivity index (χ0n) is 9.36. The molecule has 2 aromatic rings. The molecule has 0 aliphatic rings. The monoisotopic (exact) mass is 261 g/mol. The second-order valence-corrected chi connectivity index (χ2v) is 4.10. The Morgan fingerprint density at radius 2 is 1.89 bits per heavy atom. The van der Waals surface area contributed by atoms with Gasteiger partial charge in [0.2, 0.25) is 0 Å². The first-order chi connectivity index (χ1) is 8.69. The van der Waals surface area contributed by atoms with Crippen molar-refractivity contribution < 1.29 is 9.13 Å². The highest BCUT2D eigenvalue weighted by molar-refractivity contribution is 6.30. The standard InChI is InChI=1S/C14H9ClFNO/c15-12-3-5-13(6-4-12)18-9-11-2-1-10(8-17)7-14(11)16/h1-7H,9H2. The van der Waals surface area contributed by atoms with Crippen molar-refractivity contribution in [2.45, 2.75) is 6.61 Å². The SMILES string of the molecule is N#Cc1ccc(COc2ccc(Cl)cc2)c(F)c1. The number of hydrogen-bond acceptors (Lipinski definition) is 2. The van der Waals surface area contributed by atoms with Gasteiger partial charge < -0.3 is 4.74 Å². The predicted octanol–water partition coefficient (Wildman–Crippen LogP) is 3.93. The molecule has 0 aliphatic heterocycles. The molecule has 0 spiro atoms. The molecule has 0 saturated heterocycles. The third-order valence-electron chi connectivity index (χ3n) is 2.39. The number of ether oxygens (including phenoxy) is 1. The zero-order valence-corrected chi connectivity index (χ0v) is 10.1. The van der Waals surface area contributed by atoms with Crippen LogP contribution in [0, 0.1) is 17.1 Å². The topological polar surface area (TPSA) is 33.0 Å². The predicted molar refractivity (Wildman–Crippen MR) is 66.9 cm³/mol. The van der Waals surface area contributed by atoms with Gasteiger partial charge in [0.15, 0.2) is 0 Å². The molecule has 0 N–H and O–H groups in total. The first-order valence-electron chi connectivity index (χ1n) is 5.26. The lowest BCUT2D eigenvalue weighted by Crippen LogP contribution is -1.98. The molecular weight excluding hydrogens is 253 g/mol. The summed E-state index contributed by atoms with van der Waals surface area (Å²) in [5.41, 5.74) is 0.701. The molecule has 18 heavy (non-hydrogen) atoms. The average molecular weight is 262 g/mol.